The zero-order chi connectivity index (χ0) is 16.1. The van der Waals surface area contributed by atoms with Gasteiger partial charge in [0.25, 0.3) is 0 Å². The molecule has 0 spiro atoms. The molecule has 0 N–H and O–H groups in total. The SMILES string of the molecule is Cc1ccc(CSc2nsc(SCc3ccc(Cl)cc3)n2)cc1. The van der Waals surface area contributed by atoms with Crippen molar-refractivity contribution in [2.45, 2.75) is 27.9 Å². The van der Waals surface area contributed by atoms with Crippen molar-refractivity contribution in [2.75, 3.05) is 0 Å². The molecule has 0 atom stereocenters. The van der Waals surface area contributed by atoms with E-state index in [1.54, 1.807) is 23.5 Å². The lowest BCUT2D eigenvalue weighted by molar-refractivity contribution is 1.02. The average molecular weight is 379 g/mol. The summed E-state index contributed by atoms with van der Waals surface area (Å²) in [6.45, 7) is 2.10. The molecule has 0 aliphatic heterocycles. The molecule has 0 bridgehead atoms. The van der Waals surface area contributed by atoms with Gasteiger partial charge in [0.05, 0.1) is 0 Å². The number of benzene rings is 2. The molecule has 2 aromatic carbocycles. The maximum absolute atomic E-state index is 5.90. The van der Waals surface area contributed by atoms with Crippen LogP contribution in [-0.4, -0.2) is 9.36 Å². The highest BCUT2D eigenvalue weighted by Crippen LogP contribution is 2.29. The molecule has 0 amide bonds. The van der Waals surface area contributed by atoms with Crippen molar-refractivity contribution in [3.8, 4) is 0 Å². The van der Waals surface area contributed by atoms with Crippen molar-refractivity contribution in [3.05, 3.63) is 70.2 Å². The van der Waals surface area contributed by atoms with Crippen molar-refractivity contribution in [2.24, 2.45) is 0 Å². The van der Waals surface area contributed by atoms with Gasteiger partial charge >= 0.3 is 0 Å². The van der Waals surface area contributed by atoms with Crippen LogP contribution in [0, 0.1) is 6.92 Å². The van der Waals surface area contributed by atoms with Gasteiger partial charge in [-0.2, -0.15) is 4.37 Å². The van der Waals surface area contributed by atoms with E-state index >= 15 is 0 Å². The van der Waals surface area contributed by atoms with E-state index in [0.29, 0.717) is 0 Å². The minimum Gasteiger partial charge on any atom is -0.203 e. The fourth-order valence-corrected chi connectivity index (χ4v) is 4.54. The Morgan fingerprint density at radius 3 is 2.22 bits per heavy atom. The predicted octanol–water partition coefficient (Wildman–Crippen LogP) is 6.08. The molecule has 2 nitrogen and oxygen atoms in total. The third-order valence-corrected chi connectivity index (χ3v) is 6.34. The zero-order valence-corrected chi connectivity index (χ0v) is 15.7. The highest BCUT2D eigenvalue weighted by atomic mass is 35.5. The minimum atomic E-state index is 0.768. The summed E-state index contributed by atoms with van der Waals surface area (Å²) in [4.78, 5) is 4.58. The Hall–Kier alpha value is -1.01. The molecular formula is C17H15ClN2S3. The first-order valence-corrected chi connectivity index (χ1v) is 10.2. The molecule has 1 aromatic heterocycles. The van der Waals surface area contributed by atoms with Crippen LogP contribution in [-0.2, 0) is 11.5 Å². The van der Waals surface area contributed by atoms with Gasteiger partial charge in [0.15, 0.2) is 4.34 Å². The highest BCUT2D eigenvalue weighted by molar-refractivity contribution is 8.00. The predicted molar refractivity (Wildman–Crippen MR) is 102 cm³/mol. The lowest BCUT2D eigenvalue weighted by atomic mass is 10.2. The van der Waals surface area contributed by atoms with E-state index in [2.05, 4.69) is 40.5 Å². The number of aryl methyl sites for hydroxylation is 1. The van der Waals surface area contributed by atoms with Gasteiger partial charge in [-0.05, 0) is 41.7 Å². The average Bonchev–Trinajstić information content (AvgIpc) is 3.02. The molecule has 0 aliphatic carbocycles. The Kier molecular flexibility index (Phi) is 6.00. The van der Waals surface area contributed by atoms with Gasteiger partial charge in [-0.1, -0.05) is 77.1 Å². The zero-order valence-electron chi connectivity index (χ0n) is 12.5. The molecule has 118 valence electrons. The van der Waals surface area contributed by atoms with E-state index in [0.717, 1.165) is 26.0 Å². The Bertz CT molecular complexity index is 690. The maximum atomic E-state index is 5.90. The van der Waals surface area contributed by atoms with Crippen LogP contribution in [0.15, 0.2) is 58.0 Å². The van der Waals surface area contributed by atoms with Gasteiger partial charge in [0, 0.05) is 16.5 Å². The van der Waals surface area contributed by atoms with Crippen molar-refractivity contribution >= 4 is 46.7 Å². The number of hydrogen-bond donors (Lipinski definition) is 0. The standard InChI is InChI=1S/C17H15ClN2S3/c1-12-2-4-13(5-3-12)10-21-16-19-17(23-20-16)22-11-14-6-8-15(18)9-7-14/h2-9H,10-11H2,1H3. The van der Waals surface area contributed by atoms with E-state index < -0.39 is 0 Å². The summed E-state index contributed by atoms with van der Waals surface area (Å²) in [7, 11) is 0. The van der Waals surface area contributed by atoms with Crippen LogP contribution in [0.3, 0.4) is 0 Å². The number of hydrogen-bond acceptors (Lipinski definition) is 5. The van der Waals surface area contributed by atoms with E-state index in [1.807, 2.05) is 24.3 Å². The molecule has 0 aliphatic rings. The largest absolute Gasteiger partial charge is 0.203 e. The second-order valence-electron chi connectivity index (χ2n) is 5.03. The third kappa shape index (κ3) is 5.24. The minimum absolute atomic E-state index is 0.768. The van der Waals surface area contributed by atoms with Crippen molar-refractivity contribution < 1.29 is 0 Å². The number of halogens is 1. The van der Waals surface area contributed by atoms with E-state index in [4.69, 9.17) is 11.6 Å². The molecule has 1 heterocycles. The first-order chi connectivity index (χ1) is 11.2. The monoisotopic (exact) mass is 378 g/mol. The van der Waals surface area contributed by atoms with Crippen LogP contribution >= 0.6 is 46.7 Å². The van der Waals surface area contributed by atoms with Gasteiger partial charge in [0.1, 0.15) is 0 Å². The lowest BCUT2D eigenvalue weighted by Gasteiger charge is -1.99. The molecule has 0 unspecified atom stereocenters. The molecule has 0 saturated heterocycles. The number of thioether (sulfide) groups is 2. The number of nitrogens with zero attached hydrogens (tertiary/aromatic N) is 2. The molecule has 6 heteroatoms. The van der Waals surface area contributed by atoms with Crippen molar-refractivity contribution in [1.29, 1.82) is 0 Å². The van der Waals surface area contributed by atoms with E-state index in [1.165, 1.54) is 28.2 Å². The Balaban J connectivity index is 1.51. The van der Waals surface area contributed by atoms with Gasteiger partial charge in [-0.3, -0.25) is 0 Å². The van der Waals surface area contributed by atoms with E-state index in [9.17, 15) is 0 Å². The fourth-order valence-electron chi connectivity index (χ4n) is 1.87. The normalized spacial score (nSPS) is 10.9. The number of rotatable bonds is 6. The van der Waals surface area contributed by atoms with Crippen LogP contribution in [0.5, 0.6) is 0 Å². The van der Waals surface area contributed by atoms with Crippen molar-refractivity contribution in [1.82, 2.24) is 9.36 Å². The van der Waals surface area contributed by atoms with Gasteiger partial charge in [-0.25, -0.2) is 4.98 Å². The lowest BCUT2D eigenvalue weighted by Crippen LogP contribution is -1.83. The summed E-state index contributed by atoms with van der Waals surface area (Å²) in [6, 6.07) is 16.5. The Labute approximate surface area is 153 Å². The van der Waals surface area contributed by atoms with Crippen LogP contribution in [0.25, 0.3) is 0 Å². The van der Waals surface area contributed by atoms with Crippen LogP contribution < -0.4 is 0 Å². The molecule has 3 aromatic rings. The smallest absolute Gasteiger partial charge is 0.201 e. The summed E-state index contributed by atoms with van der Waals surface area (Å²) < 4.78 is 5.43. The van der Waals surface area contributed by atoms with Gasteiger partial charge < -0.3 is 0 Å². The van der Waals surface area contributed by atoms with Crippen LogP contribution in [0.4, 0.5) is 0 Å². The Morgan fingerprint density at radius 1 is 0.913 bits per heavy atom. The highest BCUT2D eigenvalue weighted by Gasteiger charge is 2.06. The summed E-state index contributed by atoms with van der Waals surface area (Å²) in [6.07, 6.45) is 0. The first kappa shape index (κ1) is 16.8. The van der Waals surface area contributed by atoms with Gasteiger partial charge in [-0.15, -0.1) is 0 Å². The molecule has 3 rings (SSSR count). The van der Waals surface area contributed by atoms with Crippen LogP contribution in [0.1, 0.15) is 16.7 Å². The summed E-state index contributed by atoms with van der Waals surface area (Å²) in [5.74, 6) is 1.78. The fraction of sp³-hybridized carbons (Fsp3) is 0.176. The third-order valence-electron chi connectivity index (χ3n) is 3.15. The summed E-state index contributed by atoms with van der Waals surface area (Å²) in [5, 5.41) is 1.62. The maximum Gasteiger partial charge on any atom is 0.201 e. The quantitative estimate of drug-likeness (QED) is 0.485. The van der Waals surface area contributed by atoms with Crippen LogP contribution in [0.2, 0.25) is 5.02 Å². The first-order valence-electron chi connectivity index (χ1n) is 7.08. The second-order valence-corrected chi connectivity index (χ2v) is 8.39. The topological polar surface area (TPSA) is 25.8 Å². The molecule has 0 fully saturated rings. The molecule has 0 radical (unpaired) electrons. The summed E-state index contributed by atoms with van der Waals surface area (Å²) in [5.41, 5.74) is 3.82. The van der Waals surface area contributed by atoms with Crippen molar-refractivity contribution in [3.63, 3.8) is 0 Å². The van der Waals surface area contributed by atoms with Gasteiger partial charge in [0.2, 0.25) is 5.16 Å². The summed E-state index contributed by atoms with van der Waals surface area (Å²) >= 11 is 10.8. The molecular weight excluding hydrogens is 364 g/mol. The molecule has 0 saturated carbocycles. The van der Waals surface area contributed by atoms with E-state index in [-0.39, 0.29) is 0 Å². The number of aromatic nitrogens is 2. The molecule has 23 heavy (non-hydrogen) atoms. The Morgan fingerprint density at radius 2 is 1.52 bits per heavy atom. The second kappa shape index (κ2) is 8.20.